The number of azo groups is 1. The van der Waals surface area contributed by atoms with E-state index in [0.717, 1.165) is 19.3 Å². The minimum atomic E-state index is -4.17. The Bertz CT molecular complexity index is 534. The van der Waals surface area contributed by atoms with Crippen LogP contribution in [0.2, 0.25) is 0 Å². The fraction of sp³-hybridized carbons (Fsp3) is 1.00. The van der Waals surface area contributed by atoms with Crippen LogP contribution in [0.4, 0.5) is 0 Å². The van der Waals surface area contributed by atoms with Crippen molar-refractivity contribution in [1.29, 1.82) is 0 Å². The molecule has 3 fully saturated rings. The standard InChI is InChI=1S/C16H28N2O4S.Na/c19-15-10-5-11-3-1-2-4-14(11)16(15)18-17-12-6-8-13(9-7-12)23(20,21)22;/h11-16,19H,1-10H2,(H,20,21,22);/q;+1/p-1. The molecule has 0 saturated heterocycles. The Kier molecular flexibility index (Phi) is 7.71. The van der Waals surface area contributed by atoms with Crippen molar-refractivity contribution in [2.24, 2.45) is 22.1 Å². The summed E-state index contributed by atoms with van der Waals surface area (Å²) in [4.78, 5) is 0. The van der Waals surface area contributed by atoms with Crippen molar-refractivity contribution < 1.29 is 47.6 Å². The zero-order valence-corrected chi connectivity index (χ0v) is 17.3. The Labute approximate surface area is 166 Å². The van der Waals surface area contributed by atoms with Crippen LogP contribution in [0.15, 0.2) is 10.2 Å². The Morgan fingerprint density at radius 1 is 0.875 bits per heavy atom. The van der Waals surface area contributed by atoms with Crippen LogP contribution < -0.4 is 29.6 Å². The second kappa shape index (κ2) is 8.91. The molecule has 4 atom stereocenters. The van der Waals surface area contributed by atoms with Crippen molar-refractivity contribution in [3.63, 3.8) is 0 Å². The van der Waals surface area contributed by atoms with E-state index in [1.165, 1.54) is 19.3 Å². The molecule has 0 bridgehead atoms. The molecule has 0 aromatic carbocycles. The van der Waals surface area contributed by atoms with Crippen LogP contribution in [0, 0.1) is 11.8 Å². The minimum Gasteiger partial charge on any atom is -0.748 e. The molecule has 24 heavy (non-hydrogen) atoms. The van der Waals surface area contributed by atoms with Gasteiger partial charge in [-0.25, -0.2) is 8.42 Å². The van der Waals surface area contributed by atoms with Crippen molar-refractivity contribution in [3.8, 4) is 0 Å². The number of hydrogen-bond donors (Lipinski definition) is 1. The van der Waals surface area contributed by atoms with Crippen molar-refractivity contribution in [1.82, 2.24) is 0 Å². The predicted octanol–water partition coefficient (Wildman–Crippen LogP) is -0.371. The van der Waals surface area contributed by atoms with Crippen LogP contribution >= 0.6 is 0 Å². The summed E-state index contributed by atoms with van der Waals surface area (Å²) < 4.78 is 33.2. The number of hydrogen-bond acceptors (Lipinski definition) is 6. The van der Waals surface area contributed by atoms with E-state index in [4.69, 9.17) is 0 Å². The third-order valence-corrected chi connectivity index (χ3v) is 7.34. The number of aliphatic hydroxyl groups is 1. The first kappa shape index (κ1) is 20.8. The molecule has 0 heterocycles. The molecule has 1 N–H and O–H groups in total. The molecular weight excluding hydrogens is 339 g/mol. The van der Waals surface area contributed by atoms with Gasteiger partial charge in [0.25, 0.3) is 0 Å². The molecule has 0 spiro atoms. The molecule has 3 saturated carbocycles. The first-order valence-corrected chi connectivity index (χ1v) is 10.4. The fourth-order valence-corrected chi connectivity index (χ4v) is 5.52. The second-order valence-corrected chi connectivity index (χ2v) is 9.15. The zero-order valence-electron chi connectivity index (χ0n) is 14.5. The van der Waals surface area contributed by atoms with Crippen molar-refractivity contribution >= 4 is 10.1 Å². The van der Waals surface area contributed by atoms with E-state index in [1.807, 2.05) is 0 Å². The van der Waals surface area contributed by atoms with Gasteiger partial charge < -0.3 is 9.66 Å². The average Bonchev–Trinajstić information content (AvgIpc) is 2.53. The molecular formula is C16H27N2NaO4S. The van der Waals surface area contributed by atoms with Crippen molar-refractivity contribution in [2.45, 2.75) is 87.6 Å². The van der Waals surface area contributed by atoms with Crippen LogP contribution in [-0.2, 0) is 10.1 Å². The Balaban J connectivity index is 0.00000208. The first-order chi connectivity index (χ1) is 10.9. The molecule has 3 rings (SSSR count). The van der Waals surface area contributed by atoms with Gasteiger partial charge in [-0.1, -0.05) is 19.3 Å². The van der Waals surface area contributed by atoms with Crippen LogP contribution in [0.1, 0.15) is 64.2 Å². The molecule has 0 aromatic rings. The van der Waals surface area contributed by atoms with Gasteiger partial charge in [0.2, 0.25) is 0 Å². The third kappa shape index (κ3) is 5.01. The molecule has 0 aromatic heterocycles. The molecule has 3 aliphatic carbocycles. The molecule has 4 unspecified atom stereocenters. The van der Waals surface area contributed by atoms with Crippen LogP contribution in [0.5, 0.6) is 0 Å². The van der Waals surface area contributed by atoms with E-state index in [0.29, 0.717) is 37.5 Å². The van der Waals surface area contributed by atoms with E-state index in [9.17, 15) is 18.1 Å². The van der Waals surface area contributed by atoms with Gasteiger partial charge in [0.05, 0.1) is 28.3 Å². The summed E-state index contributed by atoms with van der Waals surface area (Å²) in [6, 6.07) is -0.0841. The van der Waals surface area contributed by atoms with Gasteiger partial charge in [-0.3, -0.25) is 0 Å². The molecule has 0 amide bonds. The van der Waals surface area contributed by atoms with E-state index in [2.05, 4.69) is 10.2 Å². The Morgan fingerprint density at radius 2 is 1.54 bits per heavy atom. The van der Waals surface area contributed by atoms with Gasteiger partial charge in [-0.2, -0.15) is 10.2 Å². The third-order valence-electron chi connectivity index (χ3n) is 6.05. The normalized spacial score (nSPS) is 40.8. The minimum absolute atomic E-state index is 0. The van der Waals surface area contributed by atoms with Crippen molar-refractivity contribution in [2.75, 3.05) is 0 Å². The number of aliphatic hydroxyl groups excluding tert-OH is 1. The quantitative estimate of drug-likeness (QED) is 0.418. The number of rotatable bonds is 3. The summed E-state index contributed by atoms with van der Waals surface area (Å²) in [7, 11) is -4.17. The molecule has 3 aliphatic rings. The molecule has 0 aliphatic heterocycles. The van der Waals surface area contributed by atoms with E-state index < -0.39 is 21.5 Å². The summed E-state index contributed by atoms with van der Waals surface area (Å²) in [5.41, 5.74) is 0. The molecule has 8 heteroatoms. The summed E-state index contributed by atoms with van der Waals surface area (Å²) in [5, 5.41) is 18.5. The second-order valence-electron chi connectivity index (χ2n) is 7.50. The molecule has 132 valence electrons. The number of nitrogens with zero attached hydrogens (tertiary/aromatic N) is 2. The topological polar surface area (TPSA) is 102 Å². The van der Waals surface area contributed by atoms with Gasteiger partial charge in [0, 0.05) is 5.25 Å². The van der Waals surface area contributed by atoms with E-state index in [-0.39, 0.29) is 41.6 Å². The molecule has 6 nitrogen and oxygen atoms in total. The van der Waals surface area contributed by atoms with Gasteiger partial charge in [0.15, 0.2) is 0 Å². The predicted molar refractivity (Wildman–Crippen MR) is 85.1 cm³/mol. The SMILES string of the molecule is O=S(=O)([O-])C1CCC(N=NC2C(O)CCC3CCCCC32)CC1.[Na+]. The average molecular weight is 366 g/mol. The summed E-state index contributed by atoms with van der Waals surface area (Å²) in [5.74, 6) is 1.13. The van der Waals surface area contributed by atoms with Gasteiger partial charge >= 0.3 is 29.6 Å². The van der Waals surface area contributed by atoms with Gasteiger partial charge in [-0.05, 0) is 56.8 Å². The summed E-state index contributed by atoms with van der Waals surface area (Å²) >= 11 is 0. The smallest absolute Gasteiger partial charge is 0.748 e. The van der Waals surface area contributed by atoms with Gasteiger partial charge in [-0.15, -0.1) is 0 Å². The molecule has 0 radical (unpaired) electrons. The fourth-order valence-electron chi connectivity index (χ4n) is 4.67. The van der Waals surface area contributed by atoms with E-state index in [1.54, 1.807) is 0 Å². The van der Waals surface area contributed by atoms with Crippen LogP contribution in [0.25, 0.3) is 0 Å². The summed E-state index contributed by atoms with van der Waals surface area (Å²) in [6.45, 7) is 0. The monoisotopic (exact) mass is 366 g/mol. The van der Waals surface area contributed by atoms with Crippen LogP contribution in [-0.4, -0.2) is 41.5 Å². The maximum Gasteiger partial charge on any atom is 1.00 e. The largest absolute Gasteiger partial charge is 1.00 e. The summed E-state index contributed by atoms with van der Waals surface area (Å²) in [6.07, 6.45) is 8.37. The maximum absolute atomic E-state index is 11.1. The van der Waals surface area contributed by atoms with Crippen molar-refractivity contribution in [3.05, 3.63) is 0 Å². The Hall–Kier alpha value is 0.470. The first-order valence-electron chi connectivity index (χ1n) is 8.98. The van der Waals surface area contributed by atoms with E-state index >= 15 is 0 Å². The zero-order chi connectivity index (χ0) is 16.4. The Morgan fingerprint density at radius 3 is 2.21 bits per heavy atom. The van der Waals surface area contributed by atoms with Crippen LogP contribution in [0.3, 0.4) is 0 Å². The number of fused-ring (bicyclic) bond motifs is 1. The maximum atomic E-state index is 11.1. The van der Waals surface area contributed by atoms with Gasteiger partial charge in [0.1, 0.15) is 0 Å².